The first-order chi connectivity index (χ1) is 9.49. The fourth-order valence-corrected chi connectivity index (χ4v) is 3.32. The van der Waals surface area contributed by atoms with Gasteiger partial charge in [-0.1, -0.05) is 0 Å². The number of hydrogen-bond donors (Lipinski definition) is 3. The average molecular weight is 301 g/mol. The third-order valence-electron chi connectivity index (χ3n) is 3.34. The zero-order valence-electron chi connectivity index (χ0n) is 11.1. The highest BCUT2D eigenvalue weighted by Gasteiger charge is 2.18. The second kappa shape index (κ2) is 6.38. The van der Waals surface area contributed by atoms with E-state index in [-0.39, 0.29) is 10.6 Å². The Morgan fingerprint density at radius 1 is 1.40 bits per heavy atom. The van der Waals surface area contributed by atoms with Crippen molar-refractivity contribution >= 4 is 16.0 Å². The lowest BCUT2D eigenvalue weighted by Crippen LogP contribution is -2.28. The summed E-state index contributed by atoms with van der Waals surface area (Å²) in [6.45, 7) is 3.42. The van der Waals surface area contributed by atoms with Gasteiger partial charge in [0.25, 0.3) is 0 Å². The lowest BCUT2D eigenvalue weighted by Gasteiger charge is -2.14. The molecule has 0 saturated carbocycles. The molecule has 0 spiro atoms. The van der Waals surface area contributed by atoms with Gasteiger partial charge >= 0.3 is 5.97 Å². The number of carboxylic acids is 1. The summed E-state index contributed by atoms with van der Waals surface area (Å²) in [5, 5.41) is 8.75. The summed E-state index contributed by atoms with van der Waals surface area (Å²) in [5.74, 6) is -1.18. The van der Waals surface area contributed by atoms with Crippen molar-refractivity contribution in [2.24, 2.45) is 0 Å². The molecule has 0 unspecified atom stereocenters. The van der Waals surface area contributed by atoms with E-state index in [1.807, 2.05) is 0 Å². The van der Waals surface area contributed by atoms with Gasteiger partial charge in [-0.05, 0) is 45.0 Å². The topological polar surface area (TPSA) is 102 Å². The minimum absolute atomic E-state index is 0.0453. The van der Waals surface area contributed by atoms with Crippen LogP contribution in [0.2, 0.25) is 0 Å². The Hall–Kier alpha value is -1.38. The van der Waals surface area contributed by atoms with Crippen molar-refractivity contribution in [1.82, 2.24) is 14.6 Å². The summed E-state index contributed by atoms with van der Waals surface area (Å²) in [6, 6.07) is 1.12. The highest BCUT2D eigenvalue weighted by Crippen LogP contribution is 2.11. The van der Waals surface area contributed by atoms with Crippen LogP contribution in [-0.4, -0.2) is 55.6 Å². The van der Waals surface area contributed by atoms with Gasteiger partial charge in [-0.25, -0.2) is 17.9 Å². The zero-order valence-corrected chi connectivity index (χ0v) is 11.9. The maximum atomic E-state index is 11.9. The minimum atomic E-state index is -3.63. The van der Waals surface area contributed by atoms with E-state index in [0.29, 0.717) is 6.54 Å². The quantitative estimate of drug-likeness (QED) is 0.636. The van der Waals surface area contributed by atoms with E-state index in [0.717, 1.165) is 32.1 Å². The molecular weight excluding hydrogens is 282 g/mol. The first-order valence-electron chi connectivity index (χ1n) is 6.63. The molecular formula is C12H19N3O4S. The van der Waals surface area contributed by atoms with E-state index in [1.165, 1.54) is 19.0 Å². The first kappa shape index (κ1) is 15.0. The molecule has 0 radical (unpaired) electrons. The highest BCUT2D eigenvalue weighted by molar-refractivity contribution is 7.89. The fourth-order valence-electron chi connectivity index (χ4n) is 2.25. The van der Waals surface area contributed by atoms with Gasteiger partial charge < -0.3 is 15.0 Å². The van der Waals surface area contributed by atoms with Crippen molar-refractivity contribution in [3.05, 3.63) is 18.0 Å². The van der Waals surface area contributed by atoms with Crippen molar-refractivity contribution in [2.75, 3.05) is 26.2 Å². The molecule has 3 N–H and O–H groups in total. The Morgan fingerprint density at radius 3 is 2.70 bits per heavy atom. The number of aromatic carboxylic acids is 1. The number of likely N-dealkylation sites (tertiary alicyclic amines) is 1. The third kappa shape index (κ3) is 3.81. The van der Waals surface area contributed by atoms with Gasteiger partial charge in [0.2, 0.25) is 10.0 Å². The number of hydrogen-bond acceptors (Lipinski definition) is 4. The SMILES string of the molecule is O=C(O)c1cc(S(=O)(=O)NCCCN2CCCC2)c[nH]1. The van der Waals surface area contributed by atoms with Crippen molar-refractivity contribution in [2.45, 2.75) is 24.2 Å². The number of aromatic amines is 1. The molecule has 7 nitrogen and oxygen atoms in total. The van der Waals surface area contributed by atoms with Gasteiger partial charge in [-0.2, -0.15) is 0 Å². The number of sulfonamides is 1. The summed E-state index contributed by atoms with van der Waals surface area (Å²) < 4.78 is 26.3. The van der Waals surface area contributed by atoms with Crippen LogP contribution in [0.15, 0.2) is 17.2 Å². The molecule has 112 valence electrons. The largest absolute Gasteiger partial charge is 0.477 e. The van der Waals surface area contributed by atoms with E-state index in [1.54, 1.807) is 0 Å². The first-order valence-corrected chi connectivity index (χ1v) is 8.11. The van der Waals surface area contributed by atoms with Crippen LogP contribution in [0.5, 0.6) is 0 Å². The normalized spacial score (nSPS) is 16.6. The number of aromatic nitrogens is 1. The summed E-state index contributed by atoms with van der Waals surface area (Å²) in [5.41, 5.74) is -0.137. The lowest BCUT2D eigenvalue weighted by atomic mass is 10.4. The maximum Gasteiger partial charge on any atom is 0.352 e. The van der Waals surface area contributed by atoms with Crippen molar-refractivity contribution in [3.63, 3.8) is 0 Å². The van der Waals surface area contributed by atoms with E-state index >= 15 is 0 Å². The van der Waals surface area contributed by atoms with E-state index < -0.39 is 16.0 Å². The molecule has 0 aliphatic carbocycles. The van der Waals surface area contributed by atoms with Crippen LogP contribution < -0.4 is 4.72 Å². The molecule has 0 amide bonds. The number of H-pyrrole nitrogens is 1. The van der Waals surface area contributed by atoms with Gasteiger partial charge in [-0.15, -0.1) is 0 Å². The Kier molecular flexibility index (Phi) is 4.79. The molecule has 0 atom stereocenters. The highest BCUT2D eigenvalue weighted by atomic mass is 32.2. The van der Waals surface area contributed by atoms with Gasteiger partial charge in [0.05, 0.1) is 0 Å². The van der Waals surface area contributed by atoms with E-state index in [4.69, 9.17) is 5.11 Å². The van der Waals surface area contributed by atoms with Crippen LogP contribution in [0, 0.1) is 0 Å². The Morgan fingerprint density at radius 2 is 2.10 bits per heavy atom. The average Bonchev–Trinajstić information content (AvgIpc) is 3.05. The summed E-state index contributed by atoms with van der Waals surface area (Å²) in [7, 11) is -3.63. The molecule has 1 aromatic rings. The van der Waals surface area contributed by atoms with Crippen LogP contribution in [0.1, 0.15) is 29.8 Å². The monoisotopic (exact) mass is 301 g/mol. The molecule has 1 saturated heterocycles. The van der Waals surface area contributed by atoms with E-state index in [9.17, 15) is 13.2 Å². The fraction of sp³-hybridized carbons (Fsp3) is 0.583. The van der Waals surface area contributed by atoms with Crippen LogP contribution in [-0.2, 0) is 10.0 Å². The van der Waals surface area contributed by atoms with Gasteiger partial charge in [0.1, 0.15) is 10.6 Å². The van der Waals surface area contributed by atoms with Gasteiger partial charge in [0.15, 0.2) is 0 Å². The standard InChI is InChI=1S/C12H19N3O4S/c16-12(17)11-8-10(9-13-11)20(18,19)14-4-3-7-15-5-1-2-6-15/h8-9,13-14H,1-7H2,(H,16,17). The Bertz CT molecular complexity index is 561. The molecule has 20 heavy (non-hydrogen) atoms. The van der Waals surface area contributed by atoms with Crippen molar-refractivity contribution in [3.8, 4) is 0 Å². The summed E-state index contributed by atoms with van der Waals surface area (Å²) in [6.07, 6.45) is 4.36. The van der Waals surface area contributed by atoms with Crippen LogP contribution in [0.25, 0.3) is 0 Å². The smallest absolute Gasteiger partial charge is 0.352 e. The van der Waals surface area contributed by atoms with E-state index in [2.05, 4.69) is 14.6 Å². The van der Waals surface area contributed by atoms with Crippen LogP contribution >= 0.6 is 0 Å². The van der Waals surface area contributed by atoms with Crippen LogP contribution in [0.4, 0.5) is 0 Å². The van der Waals surface area contributed by atoms with Crippen molar-refractivity contribution < 1.29 is 18.3 Å². The second-order valence-corrected chi connectivity index (χ2v) is 6.62. The molecule has 2 rings (SSSR count). The molecule has 0 bridgehead atoms. The molecule has 1 aliphatic rings. The number of rotatable bonds is 7. The number of nitrogens with zero attached hydrogens (tertiary/aromatic N) is 1. The number of carboxylic acid groups (broad SMARTS) is 1. The number of nitrogens with one attached hydrogen (secondary N) is 2. The Balaban J connectivity index is 1.82. The molecule has 1 aliphatic heterocycles. The lowest BCUT2D eigenvalue weighted by molar-refractivity contribution is 0.0691. The Labute approximate surface area is 118 Å². The predicted octanol–water partition coefficient (Wildman–Crippen LogP) is 0.477. The van der Waals surface area contributed by atoms with Gasteiger partial charge in [0, 0.05) is 12.7 Å². The summed E-state index contributed by atoms with van der Waals surface area (Å²) in [4.78, 5) is 15.4. The zero-order chi connectivity index (χ0) is 14.6. The third-order valence-corrected chi connectivity index (χ3v) is 4.78. The molecule has 8 heteroatoms. The second-order valence-electron chi connectivity index (χ2n) is 4.85. The molecule has 1 aromatic heterocycles. The molecule has 1 fully saturated rings. The molecule has 0 aromatic carbocycles. The minimum Gasteiger partial charge on any atom is -0.477 e. The predicted molar refractivity (Wildman–Crippen MR) is 73.2 cm³/mol. The van der Waals surface area contributed by atoms with Crippen molar-refractivity contribution in [1.29, 1.82) is 0 Å². The summed E-state index contributed by atoms with van der Waals surface area (Å²) >= 11 is 0. The van der Waals surface area contributed by atoms with Gasteiger partial charge in [-0.3, -0.25) is 0 Å². The molecule has 2 heterocycles. The van der Waals surface area contributed by atoms with Crippen LogP contribution in [0.3, 0.4) is 0 Å². The number of carbonyl (C=O) groups is 1. The maximum absolute atomic E-state index is 11.9.